The van der Waals surface area contributed by atoms with Crippen LogP contribution in [0, 0.1) is 6.92 Å². The molecule has 1 aromatic rings. The summed E-state index contributed by atoms with van der Waals surface area (Å²) in [6, 6.07) is 5.94. The molecule has 1 aromatic carbocycles. The second kappa shape index (κ2) is 5.80. The first-order chi connectivity index (χ1) is 9.81. The maximum atomic E-state index is 12.5. The number of ether oxygens (including phenoxy) is 1. The number of fused-ring (bicyclic) bond motifs is 1. The summed E-state index contributed by atoms with van der Waals surface area (Å²) in [5.74, 6) is 0. The van der Waals surface area contributed by atoms with Gasteiger partial charge >= 0.3 is 6.09 Å². The van der Waals surface area contributed by atoms with Gasteiger partial charge < -0.3 is 4.74 Å². The number of aryl methyl sites for hydroxylation is 1. The smallest absolute Gasteiger partial charge is 0.414 e. The van der Waals surface area contributed by atoms with E-state index in [1.54, 1.807) is 6.08 Å². The number of amides is 1. The van der Waals surface area contributed by atoms with E-state index in [9.17, 15) is 9.59 Å². The number of hydrogen-bond acceptors (Lipinski definition) is 4. The van der Waals surface area contributed by atoms with Crippen LogP contribution >= 0.6 is 0 Å². The molecule has 2 rings (SSSR count). The summed E-state index contributed by atoms with van der Waals surface area (Å²) in [4.78, 5) is 27.2. The van der Waals surface area contributed by atoms with Crippen molar-refractivity contribution >= 4 is 17.9 Å². The fraction of sp³-hybridized carbons (Fsp3) is 0.500. The SMILES string of the molecule is Cc1ccc2c(c1)[NH+](C(=O)OC(C)(C)C)C(CN=C=O)C2. The van der Waals surface area contributed by atoms with Gasteiger partial charge in [-0.05, 0) is 33.3 Å². The summed E-state index contributed by atoms with van der Waals surface area (Å²) < 4.78 is 5.51. The van der Waals surface area contributed by atoms with Gasteiger partial charge in [0.2, 0.25) is 6.08 Å². The predicted octanol–water partition coefficient (Wildman–Crippen LogP) is 1.71. The van der Waals surface area contributed by atoms with Crippen molar-refractivity contribution in [2.24, 2.45) is 4.99 Å². The molecule has 1 N–H and O–H groups in total. The van der Waals surface area contributed by atoms with Crippen LogP contribution in [-0.2, 0) is 16.0 Å². The molecule has 0 spiro atoms. The standard InChI is InChI=1S/C16H20N2O3/c1-11-5-6-12-8-13(9-17-10-19)18(14(12)7-11)15(20)21-16(2,3)4/h5-7,13H,8-9H2,1-4H3/p+1. The van der Waals surface area contributed by atoms with Gasteiger partial charge in [0.15, 0.2) is 0 Å². The zero-order valence-corrected chi connectivity index (χ0v) is 12.9. The van der Waals surface area contributed by atoms with E-state index in [1.165, 1.54) is 0 Å². The molecule has 0 aliphatic carbocycles. The molecule has 5 heteroatoms. The van der Waals surface area contributed by atoms with Crippen LogP contribution in [0.2, 0.25) is 0 Å². The van der Waals surface area contributed by atoms with Crippen molar-refractivity contribution in [3.63, 3.8) is 0 Å². The highest BCUT2D eigenvalue weighted by atomic mass is 16.6. The molecule has 0 saturated carbocycles. The van der Waals surface area contributed by atoms with E-state index in [1.807, 2.05) is 45.9 Å². The van der Waals surface area contributed by atoms with Gasteiger partial charge in [0.1, 0.15) is 23.9 Å². The molecule has 0 fully saturated rings. The molecule has 0 saturated heterocycles. The topological polar surface area (TPSA) is 60.2 Å². The van der Waals surface area contributed by atoms with E-state index in [0.29, 0.717) is 11.3 Å². The Morgan fingerprint density at radius 3 is 2.81 bits per heavy atom. The molecule has 1 heterocycles. The van der Waals surface area contributed by atoms with Gasteiger partial charge in [0.05, 0.1) is 0 Å². The van der Waals surface area contributed by atoms with Gasteiger partial charge in [-0.3, -0.25) is 0 Å². The van der Waals surface area contributed by atoms with Gasteiger partial charge in [0.25, 0.3) is 0 Å². The maximum absolute atomic E-state index is 12.5. The molecule has 0 aromatic heterocycles. The highest BCUT2D eigenvalue weighted by molar-refractivity contribution is 5.64. The Morgan fingerprint density at radius 2 is 2.19 bits per heavy atom. The number of quaternary nitrogens is 1. The van der Waals surface area contributed by atoms with Crippen molar-refractivity contribution in [2.75, 3.05) is 6.54 Å². The summed E-state index contributed by atoms with van der Waals surface area (Å²) in [6.07, 6.45) is 1.93. The van der Waals surface area contributed by atoms with E-state index in [-0.39, 0.29) is 18.7 Å². The molecular formula is C16H21N2O3+. The summed E-state index contributed by atoms with van der Waals surface area (Å²) >= 11 is 0. The number of alkyl carbamates (subject to hydrolysis) is 1. The van der Waals surface area contributed by atoms with Crippen LogP contribution in [0.1, 0.15) is 31.9 Å². The Morgan fingerprint density at radius 1 is 1.48 bits per heavy atom. The first-order valence-corrected chi connectivity index (χ1v) is 7.05. The summed E-state index contributed by atoms with van der Waals surface area (Å²) in [6.45, 7) is 7.79. The lowest BCUT2D eigenvalue weighted by Crippen LogP contribution is -3.13. The molecule has 2 atom stereocenters. The third-order valence-electron chi connectivity index (χ3n) is 3.43. The third-order valence-corrected chi connectivity index (χ3v) is 3.43. The number of isocyanates is 1. The van der Waals surface area contributed by atoms with Gasteiger partial charge in [0, 0.05) is 18.1 Å². The second-order valence-electron chi connectivity index (χ2n) is 6.41. The fourth-order valence-electron chi connectivity index (χ4n) is 2.62. The Kier molecular flexibility index (Phi) is 4.26. The zero-order chi connectivity index (χ0) is 15.6. The number of carbonyl (C=O) groups excluding carboxylic acids is 2. The summed E-state index contributed by atoms with van der Waals surface area (Å²) in [7, 11) is 0. The van der Waals surface area contributed by atoms with Crippen LogP contribution in [0.4, 0.5) is 10.5 Å². The lowest BCUT2D eigenvalue weighted by Gasteiger charge is -2.23. The zero-order valence-electron chi connectivity index (χ0n) is 12.9. The third kappa shape index (κ3) is 3.57. The van der Waals surface area contributed by atoms with Crippen LogP contribution in [0.25, 0.3) is 0 Å². The number of aliphatic imine (C=N–C) groups is 1. The minimum absolute atomic E-state index is 0.113. The van der Waals surface area contributed by atoms with Gasteiger partial charge in [-0.15, -0.1) is 0 Å². The molecule has 1 aliphatic rings. The number of carbonyl (C=O) groups is 1. The highest BCUT2D eigenvalue weighted by Gasteiger charge is 2.42. The number of rotatable bonds is 2. The minimum atomic E-state index is -0.546. The van der Waals surface area contributed by atoms with Crippen LogP contribution in [0.15, 0.2) is 23.2 Å². The predicted molar refractivity (Wildman–Crippen MR) is 78.5 cm³/mol. The molecule has 112 valence electrons. The van der Waals surface area contributed by atoms with Crippen LogP contribution in [0.3, 0.4) is 0 Å². The molecule has 21 heavy (non-hydrogen) atoms. The first kappa shape index (κ1) is 15.4. The summed E-state index contributed by atoms with van der Waals surface area (Å²) in [5.41, 5.74) is 2.58. The van der Waals surface area contributed by atoms with E-state index < -0.39 is 5.60 Å². The lowest BCUT2D eigenvalue weighted by molar-refractivity contribution is -0.775. The number of nitrogens with zero attached hydrogens (tertiary/aromatic N) is 1. The molecule has 0 radical (unpaired) electrons. The van der Waals surface area contributed by atoms with Gasteiger partial charge in [-0.1, -0.05) is 12.1 Å². The molecule has 0 bridgehead atoms. The average Bonchev–Trinajstić information content (AvgIpc) is 2.71. The van der Waals surface area contributed by atoms with Gasteiger partial charge in [-0.25, -0.2) is 4.79 Å². The first-order valence-electron chi connectivity index (χ1n) is 7.05. The van der Waals surface area contributed by atoms with Crippen molar-refractivity contribution in [2.45, 2.75) is 45.8 Å². The van der Waals surface area contributed by atoms with Crippen molar-refractivity contribution in [1.29, 1.82) is 0 Å². The van der Waals surface area contributed by atoms with E-state index >= 15 is 0 Å². The van der Waals surface area contributed by atoms with Crippen molar-refractivity contribution in [1.82, 2.24) is 0 Å². The molecule has 1 aliphatic heterocycles. The Hall–Kier alpha value is -1.97. The molecular weight excluding hydrogens is 268 g/mol. The quantitative estimate of drug-likeness (QED) is 0.666. The Balaban J connectivity index is 2.34. The van der Waals surface area contributed by atoms with E-state index in [4.69, 9.17) is 4.74 Å². The number of benzene rings is 1. The second-order valence-corrected chi connectivity index (χ2v) is 6.41. The van der Waals surface area contributed by atoms with E-state index in [0.717, 1.165) is 16.8 Å². The Bertz CT molecular complexity index is 598. The summed E-state index contributed by atoms with van der Waals surface area (Å²) in [5, 5.41) is 0. The van der Waals surface area contributed by atoms with Crippen molar-refractivity contribution in [3.05, 3.63) is 29.3 Å². The number of hydrogen-bond donors (Lipinski definition) is 1. The fourth-order valence-corrected chi connectivity index (χ4v) is 2.62. The van der Waals surface area contributed by atoms with Crippen molar-refractivity contribution in [3.8, 4) is 0 Å². The lowest BCUT2D eigenvalue weighted by atomic mass is 10.1. The van der Waals surface area contributed by atoms with Crippen LogP contribution in [-0.4, -0.2) is 30.4 Å². The normalized spacial score (nSPS) is 20.6. The molecule has 2 unspecified atom stereocenters. The molecule has 1 amide bonds. The average molecular weight is 289 g/mol. The van der Waals surface area contributed by atoms with E-state index in [2.05, 4.69) is 4.99 Å². The van der Waals surface area contributed by atoms with Gasteiger partial charge in [-0.2, -0.15) is 14.7 Å². The molecule has 5 nitrogen and oxygen atoms in total. The monoisotopic (exact) mass is 289 g/mol. The van der Waals surface area contributed by atoms with Crippen molar-refractivity contribution < 1.29 is 19.2 Å². The maximum Gasteiger partial charge on any atom is 0.520 e. The largest absolute Gasteiger partial charge is 0.520 e. The van der Waals surface area contributed by atoms with Crippen LogP contribution in [0.5, 0.6) is 0 Å². The highest BCUT2D eigenvalue weighted by Crippen LogP contribution is 2.22. The van der Waals surface area contributed by atoms with Crippen LogP contribution < -0.4 is 4.90 Å². The number of nitrogens with one attached hydrogen (secondary N) is 1. The Labute approximate surface area is 124 Å². The minimum Gasteiger partial charge on any atom is -0.414 e.